The molecule has 140 valence electrons. The van der Waals surface area contributed by atoms with Crippen LogP contribution in [0, 0.1) is 11.3 Å². The topological polar surface area (TPSA) is 50.6 Å². The first-order chi connectivity index (χ1) is 12.7. The molecule has 2 saturated heterocycles. The molecule has 1 aromatic carbocycles. The van der Waals surface area contributed by atoms with Gasteiger partial charge in [-0.05, 0) is 43.4 Å². The maximum absolute atomic E-state index is 12.7. The average Bonchev–Trinajstić information content (AvgIpc) is 2.70. The minimum atomic E-state index is 0.317. The third kappa shape index (κ3) is 4.84. The molecule has 0 saturated carbocycles. The van der Waals surface area contributed by atoms with E-state index in [1.165, 1.54) is 18.4 Å². The quantitative estimate of drug-likeness (QED) is 0.815. The van der Waals surface area contributed by atoms with Gasteiger partial charge in [0.05, 0.1) is 18.2 Å². The average molecular weight is 354 g/mol. The van der Waals surface area contributed by atoms with Gasteiger partial charge >= 0.3 is 0 Å². The van der Waals surface area contributed by atoms with Gasteiger partial charge in [0.15, 0.2) is 0 Å². The third-order valence-electron chi connectivity index (χ3n) is 5.73. The Hall–Kier alpha value is -1.90. The van der Waals surface area contributed by atoms with Crippen molar-refractivity contribution in [2.24, 2.45) is 0 Å². The van der Waals surface area contributed by atoms with E-state index in [1.807, 2.05) is 24.3 Å². The smallest absolute Gasteiger partial charge is 0.236 e. The van der Waals surface area contributed by atoms with E-state index in [4.69, 9.17) is 5.26 Å². The van der Waals surface area contributed by atoms with E-state index in [2.05, 4.69) is 27.7 Å². The lowest BCUT2D eigenvalue weighted by molar-refractivity contribution is -0.136. The summed E-state index contributed by atoms with van der Waals surface area (Å²) >= 11 is 0. The van der Waals surface area contributed by atoms with Gasteiger partial charge in [-0.25, -0.2) is 0 Å². The molecule has 3 rings (SSSR count). The molecule has 1 amide bonds. The molecule has 0 bridgehead atoms. The van der Waals surface area contributed by atoms with Crippen LogP contribution >= 0.6 is 0 Å². The zero-order chi connectivity index (χ0) is 18.4. The number of amides is 1. The number of hydrogen-bond donors (Lipinski definition) is 0. The molecule has 0 unspecified atom stereocenters. The van der Waals surface area contributed by atoms with E-state index in [0.29, 0.717) is 24.1 Å². The number of benzene rings is 1. The molecular weight excluding hydrogens is 324 g/mol. The van der Waals surface area contributed by atoms with Gasteiger partial charge in [0.2, 0.25) is 5.91 Å². The summed E-state index contributed by atoms with van der Waals surface area (Å²) in [5, 5.41) is 8.88. The number of nitrogens with zero attached hydrogens (tertiary/aromatic N) is 4. The highest BCUT2D eigenvalue weighted by Gasteiger charge is 2.27. The van der Waals surface area contributed by atoms with Crippen molar-refractivity contribution in [3.8, 4) is 6.07 Å². The normalized spacial score (nSPS) is 22.2. The molecule has 0 aromatic heterocycles. The van der Waals surface area contributed by atoms with E-state index in [9.17, 15) is 4.79 Å². The van der Waals surface area contributed by atoms with E-state index in [1.54, 1.807) is 0 Å². The molecule has 0 aliphatic carbocycles. The van der Waals surface area contributed by atoms with E-state index in [-0.39, 0.29) is 0 Å². The lowest BCUT2D eigenvalue weighted by Gasteiger charge is -2.39. The van der Waals surface area contributed by atoms with Crippen LogP contribution in [-0.4, -0.2) is 65.9 Å². The van der Waals surface area contributed by atoms with Crippen LogP contribution in [0.2, 0.25) is 0 Å². The van der Waals surface area contributed by atoms with Crippen molar-refractivity contribution in [1.29, 1.82) is 5.26 Å². The number of rotatable bonds is 5. The maximum atomic E-state index is 12.7. The van der Waals surface area contributed by atoms with Gasteiger partial charge < -0.3 is 4.90 Å². The lowest BCUT2D eigenvalue weighted by atomic mass is 10.00. The molecule has 26 heavy (non-hydrogen) atoms. The monoisotopic (exact) mass is 354 g/mol. The van der Waals surface area contributed by atoms with Gasteiger partial charge in [-0.3, -0.25) is 14.6 Å². The second-order valence-electron chi connectivity index (χ2n) is 7.51. The zero-order valence-corrected chi connectivity index (χ0v) is 15.9. The Morgan fingerprint density at radius 2 is 1.77 bits per heavy atom. The summed E-state index contributed by atoms with van der Waals surface area (Å²) in [5.74, 6) is 0.317. The number of nitriles is 1. The summed E-state index contributed by atoms with van der Waals surface area (Å²) in [7, 11) is 0. The minimum Gasteiger partial charge on any atom is -0.339 e. The van der Waals surface area contributed by atoms with E-state index in [0.717, 1.165) is 52.1 Å². The molecule has 1 aromatic rings. The van der Waals surface area contributed by atoms with E-state index >= 15 is 0 Å². The first kappa shape index (κ1) is 18.9. The van der Waals surface area contributed by atoms with Crippen LogP contribution in [0.3, 0.4) is 0 Å². The molecule has 0 N–H and O–H groups in total. The van der Waals surface area contributed by atoms with Gasteiger partial charge in [0.1, 0.15) is 0 Å². The van der Waals surface area contributed by atoms with Crippen LogP contribution in [0.4, 0.5) is 0 Å². The number of carbonyl (C=O) groups is 1. The number of piperidine rings is 1. The molecule has 1 atom stereocenters. The Balaban J connectivity index is 1.44. The minimum absolute atomic E-state index is 0.317. The van der Waals surface area contributed by atoms with Gasteiger partial charge in [-0.2, -0.15) is 5.26 Å². The molecule has 2 aliphatic heterocycles. The van der Waals surface area contributed by atoms with Gasteiger partial charge in [-0.15, -0.1) is 0 Å². The van der Waals surface area contributed by atoms with Crippen LogP contribution < -0.4 is 0 Å². The van der Waals surface area contributed by atoms with Crippen molar-refractivity contribution in [1.82, 2.24) is 14.7 Å². The first-order valence-electron chi connectivity index (χ1n) is 9.93. The summed E-state index contributed by atoms with van der Waals surface area (Å²) < 4.78 is 0. The molecule has 0 radical (unpaired) electrons. The summed E-state index contributed by atoms with van der Waals surface area (Å²) in [4.78, 5) is 19.6. The maximum Gasteiger partial charge on any atom is 0.236 e. The van der Waals surface area contributed by atoms with Crippen LogP contribution in [0.15, 0.2) is 24.3 Å². The Morgan fingerprint density at radius 3 is 2.42 bits per heavy atom. The number of carbonyl (C=O) groups excluding carboxylic acids is 1. The summed E-state index contributed by atoms with van der Waals surface area (Å²) in [6, 6.07) is 10.5. The van der Waals surface area contributed by atoms with Gasteiger partial charge in [0, 0.05) is 45.3 Å². The predicted molar refractivity (Wildman–Crippen MR) is 103 cm³/mol. The van der Waals surface area contributed by atoms with Crippen molar-refractivity contribution >= 4 is 5.91 Å². The predicted octanol–water partition coefficient (Wildman–Crippen LogP) is 2.47. The van der Waals surface area contributed by atoms with Crippen LogP contribution in [0.25, 0.3) is 0 Å². The van der Waals surface area contributed by atoms with E-state index < -0.39 is 0 Å². The highest BCUT2D eigenvalue weighted by atomic mass is 16.2. The third-order valence-corrected chi connectivity index (χ3v) is 5.73. The summed E-state index contributed by atoms with van der Waals surface area (Å²) in [5.41, 5.74) is 1.95. The van der Waals surface area contributed by atoms with Crippen molar-refractivity contribution in [3.63, 3.8) is 0 Å². The van der Waals surface area contributed by atoms with Crippen LogP contribution in [0.5, 0.6) is 0 Å². The van der Waals surface area contributed by atoms with Crippen molar-refractivity contribution < 1.29 is 4.79 Å². The largest absolute Gasteiger partial charge is 0.339 e. The molecule has 5 nitrogen and oxygen atoms in total. The standard InChI is InChI=1S/C21H30N4O/c1-2-20-5-3-4-10-25(20)21(26)17-24-13-11-23(12-14-24)16-19-8-6-18(15-22)7-9-19/h6-9,20H,2-5,10-14,16-17H2,1H3/t20-/m0/s1. The SMILES string of the molecule is CC[C@H]1CCCCN1C(=O)CN1CCN(Cc2ccc(C#N)cc2)CC1. The second kappa shape index (κ2) is 9.16. The summed E-state index contributed by atoms with van der Waals surface area (Å²) in [6.45, 7) is 8.50. The zero-order valence-electron chi connectivity index (χ0n) is 15.9. The van der Waals surface area contributed by atoms with Gasteiger partial charge in [0.25, 0.3) is 0 Å². The fraction of sp³-hybridized carbons (Fsp3) is 0.619. The molecule has 2 aliphatic rings. The molecular formula is C21H30N4O. The lowest BCUT2D eigenvalue weighted by Crippen LogP contribution is -2.52. The fourth-order valence-corrected chi connectivity index (χ4v) is 4.08. The van der Waals surface area contributed by atoms with Gasteiger partial charge in [-0.1, -0.05) is 19.1 Å². The van der Waals surface area contributed by atoms with Crippen LogP contribution in [-0.2, 0) is 11.3 Å². The molecule has 2 fully saturated rings. The Kier molecular flexibility index (Phi) is 6.65. The number of likely N-dealkylation sites (tertiary alicyclic amines) is 1. The highest BCUT2D eigenvalue weighted by molar-refractivity contribution is 5.78. The molecule has 2 heterocycles. The van der Waals surface area contributed by atoms with Crippen molar-refractivity contribution in [2.75, 3.05) is 39.3 Å². The number of piperazine rings is 1. The Morgan fingerprint density at radius 1 is 1.08 bits per heavy atom. The molecule has 5 heteroatoms. The van der Waals surface area contributed by atoms with Crippen LogP contribution in [0.1, 0.15) is 43.7 Å². The summed E-state index contributed by atoms with van der Waals surface area (Å²) in [6.07, 6.45) is 4.65. The van der Waals surface area contributed by atoms with Crippen molar-refractivity contribution in [3.05, 3.63) is 35.4 Å². The number of hydrogen-bond acceptors (Lipinski definition) is 4. The fourth-order valence-electron chi connectivity index (χ4n) is 4.08. The first-order valence-corrected chi connectivity index (χ1v) is 9.93. The Bertz CT molecular complexity index is 628. The Labute approximate surface area is 157 Å². The highest BCUT2D eigenvalue weighted by Crippen LogP contribution is 2.20. The molecule has 0 spiro atoms. The second-order valence-corrected chi connectivity index (χ2v) is 7.51. The van der Waals surface area contributed by atoms with Crippen molar-refractivity contribution in [2.45, 2.75) is 45.2 Å².